The quantitative estimate of drug-likeness (QED) is 0.728. The summed E-state index contributed by atoms with van der Waals surface area (Å²) in [6.07, 6.45) is 4.04. The third-order valence-electron chi connectivity index (χ3n) is 5.15. The highest BCUT2D eigenvalue weighted by Crippen LogP contribution is 2.38. The molecule has 1 aliphatic heterocycles. The van der Waals surface area contributed by atoms with E-state index in [-0.39, 0.29) is 24.4 Å². The van der Waals surface area contributed by atoms with E-state index in [0.29, 0.717) is 18.8 Å². The highest BCUT2D eigenvalue weighted by molar-refractivity contribution is 5.81. The first kappa shape index (κ1) is 15.3. The maximum atomic E-state index is 12.2. The molecule has 2 rings (SSSR count). The fraction of sp³-hybridized carbons (Fsp3) is 0.867. The number of carboxylic acid groups (broad SMARTS) is 1. The summed E-state index contributed by atoms with van der Waals surface area (Å²) in [5.74, 6) is -0.190. The lowest BCUT2D eigenvalue weighted by Gasteiger charge is -2.36. The Balaban J connectivity index is 1.92. The molecule has 2 fully saturated rings. The first-order valence-corrected chi connectivity index (χ1v) is 7.69. The Bertz CT molecular complexity index is 375. The van der Waals surface area contributed by atoms with E-state index in [1.165, 1.54) is 0 Å². The van der Waals surface area contributed by atoms with Crippen LogP contribution in [0.5, 0.6) is 0 Å². The van der Waals surface area contributed by atoms with Crippen LogP contribution in [0.1, 0.15) is 46.0 Å². The van der Waals surface area contributed by atoms with E-state index in [2.05, 4.69) is 17.6 Å². The maximum Gasteiger partial charge on any atom is 0.311 e. The lowest BCUT2D eigenvalue weighted by Crippen LogP contribution is -2.47. The lowest BCUT2D eigenvalue weighted by molar-refractivity contribution is -0.151. The molecule has 1 amide bonds. The van der Waals surface area contributed by atoms with Crippen molar-refractivity contribution in [3.8, 4) is 0 Å². The number of carbonyl (C=O) groups is 2. The average Bonchev–Trinajstić information content (AvgIpc) is 2.84. The smallest absolute Gasteiger partial charge is 0.311 e. The van der Waals surface area contributed by atoms with E-state index in [1.807, 2.05) is 6.92 Å². The van der Waals surface area contributed by atoms with Crippen molar-refractivity contribution in [2.24, 2.45) is 17.3 Å². The summed E-state index contributed by atoms with van der Waals surface area (Å²) in [6.45, 7) is 5.31. The molecule has 20 heavy (non-hydrogen) atoms. The Labute approximate surface area is 120 Å². The van der Waals surface area contributed by atoms with E-state index in [0.717, 1.165) is 25.8 Å². The molecule has 5 nitrogen and oxygen atoms in total. The van der Waals surface area contributed by atoms with Crippen molar-refractivity contribution in [2.45, 2.75) is 52.0 Å². The summed E-state index contributed by atoms with van der Waals surface area (Å²) < 4.78 is 0. The molecule has 2 unspecified atom stereocenters. The topological polar surface area (TPSA) is 78.4 Å². The van der Waals surface area contributed by atoms with Crippen molar-refractivity contribution >= 4 is 11.9 Å². The summed E-state index contributed by atoms with van der Waals surface area (Å²) >= 11 is 0. The summed E-state index contributed by atoms with van der Waals surface area (Å²) in [5.41, 5.74) is -0.753. The maximum absolute atomic E-state index is 12.2. The van der Waals surface area contributed by atoms with Gasteiger partial charge < -0.3 is 15.7 Å². The molecular formula is C15H26N2O3. The van der Waals surface area contributed by atoms with Gasteiger partial charge in [0.25, 0.3) is 0 Å². The van der Waals surface area contributed by atoms with Crippen LogP contribution < -0.4 is 10.6 Å². The minimum absolute atomic E-state index is 0.00162. The Morgan fingerprint density at radius 1 is 1.25 bits per heavy atom. The third kappa shape index (κ3) is 3.14. The molecule has 0 aromatic carbocycles. The van der Waals surface area contributed by atoms with Crippen LogP contribution in [0, 0.1) is 17.3 Å². The van der Waals surface area contributed by atoms with Crippen molar-refractivity contribution in [3.05, 3.63) is 0 Å². The van der Waals surface area contributed by atoms with Gasteiger partial charge in [-0.25, -0.2) is 0 Å². The molecule has 1 heterocycles. The van der Waals surface area contributed by atoms with Crippen molar-refractivity contribution < 1.29 is 14.7 Å². The molecule has 0 aromatic heterocycles. The molecular weight excluding hydrogens is 256 g/mol. The summed E-state index contributed by atoms with van der Waals surface area (Å²) in [5, 5.41) is 15.7. The molecule has 0 radical (unpaired) electrons. The number of rotatable bonds is 4. The van der Waals surface area contributed by atoms with Gasteiger partial charge in [0.05, 0.1) is 11.3 Å². The number of aliphatic carboxylic acids is 1. The van der Waals surface area contributed by atoms with E-state index in [9.17, 15) is 14.7 Å². The monoisotopic (exact) mass is 282 g/mol. The molecule has 2 atom stereocenters. The van der Waals surface area contributed by atoms with E-state index in [4.69, 9.17) is 0 Å². The Kier molecular flexibility index (Phi) is 4.68. The standard InChI is InChI=1S/C15H26N2O3/c1-10-3-6-15(7-4-10,14(19)20)9-17-13(18)12-5-8-16-11(12)2/h10-12,16H,3-9H2,1-2H3,(H,17,18)(H,19,20). The van der Waals surface area contributed by atoms with Gasteiger partial charge in [0.1, 0.15) is 0 Å². The summed E-state index contributed by atoms with van der Waals surface area (Å²) in [7, 11) is 0. The van der Waals surface area contributed by atoms with Gasteiger partial charge in [-0.05, 0) is 51.5 Å². The number of amides is 1. The number of carboxylic acids is 1. The number of nitrogens with one attached hydrogen (secondary N) is 2. The number of carbonyl (C=O) groups excluding carboxylic acids is 1. The fourth-order valence-electron chi connectivity index (χ4n) is 3.39. The molecule has 0 spiro atoms. The van der Waals surface area contributed by atoms with Crippen molar-refractivity contribution in [1.29, 1.82) is 0 Å². The normalized spacial score (nSPS) is 37.6. The summed E-state index contributed by atoms with van der Waals surface area (Å²) in [6, 6.07) is 0.183. The molecule has 114 valence electrons. The van der Waals surface area contributed by atoms with E-state index in [1.54, 1.807) is 0 Å². The predicted molar refractivity (Wildman–Crippen MR) is 76.3 cm³/mol. The second-order valence-corrected chi connectivity index (χ2v) is 6.62. The van der Waals surface area contributed by atoms with Gasteiger partial charge in [-0.3, -0.25) is 9.59 Å². The first-order chi connectivity index (χ1) is 9.44. The van der Waals surface area contributed by atoms with Gasteiger partial charge in [0.15, 0.2) is 0 Å². The van der Waals surface area contributed by atoms with Gasteiger partial charge in [0, 0.05) is 12.6 Å². The van der Waals surface area contributed by atoms with Crippen LogP contribution in [0.2, 0.25) is 0 Å². The molecule has 2 aliphatic rings. The van der Waals surface area contributed by atoms with Gasteiger partial charge >= 0.3 is 5.97 Å². The van der Waals surface area contributed by atoms with Crippen molar-refractivity contribution in [1.82, 2.24) is 10.6 Å². The van der Waals surface area contributed by atoms with Gasteiger partial charge in [-0.1, -0.05) is 6.92 Å². The predicted octanol–water partition coefficient (Wildman–Crippen LogP) is 1.38. The minimum atomic E-state index is -0.762. The number of hydrogen-bond donors (Lipinski definition) is 3. The Morgan fingerprint density at radius 2 is 1.90 bits per heavy atom. The van der Waals surface area contributed by atoms with Gasteiger partial charge in [0.2, 0.25) is 5.91 Å². The SMILES string of the molecule is CC1CCC(CNC(=O)C2CCNC2C)(C(=O)O)CC1. The third-order valence-corrected chi connectivity index (χ3v) is 5.15. The molecule has 3 N–H and O–H groups in total. The van der Waals surface area contributed by atoms with Gasteiger partial charge in [-0.2, -0.15) is 0 Å². The van der Waals surface area contributed by atoms with E-state index < -0.39 is 11.4 Å². The van der Waals surface area contributed by atoms with Crippen LogP contribution in [-0.2, 0) is 9.59 Å². The molecule has 1 saturated carbocycles. The van der Waals surface area contributed by atoms with Crippen LogP contribution in [0.15, 0.2) is 0 Å². The molecule has 1 saturated heterocycles. The van der Waals surface area contributed by atoms with Crippen LogP contribution in [-0.4, -0.2) is 36.1 Å². The second-order valence-electron chi connectivity index (χ2n) is 6.62. The van der Waals surface area contributed by atoms with Crippen molar-refractivity contribution in [3.63, 3.8) is 0 Å². The molecule has 0 aromatic rings. The zero-order valence-corrected chi connectivity index (χ0v) is 12.4. The zero-order valence-electron chi connectivity index (χ0n) is 12.4. The lowest BCUT2D eigenvalue weighted by atomic mass is 9.70. The first-order valence-electron chi connectivity index (χ1n) is 7.69. The molecule has 0 bridgehead atoms. The van der Waals surface area contributed by atoms with Crippen LogP contribution in [0.4, 0.5) is 0 Å². The zero-order chi connectivity index (χ0) is 14.8. The van der Waals surface area contributed by atoms with Crippen LogP contribution in [0.3, 0.4) is 0 Å². The van der Waals surface area contributed by atoms with Crippen molar-refractivity contribution in [2.75, 3.05) is 13.1 Å². The Morgan fingerprint density at radius 3 is 2.40 bits per heavy atom. The average molecular weight is 282 g/mol. The number of hydrogen-bond acceptors (Lipinski definition) is 3. The Hall–Kier alpha value is -1.10. The highest BCUT2D eigenvalue weighted by atomic mass is 16.4. The second kappa shape index (κ2) is 6.12. The van der Waals surface area contributed by atoms with Crippen LogP contribution in [0.25, 0.3) is 0 Å². The largest absolute Gasteiger partial charge is 0.481 e. The molecule has 1 aliphatic carbocycles. The minimum Gasteiger partial charge on any atom is -0.481 e. The molecule has 5 heteroatoms. The van der Waals surface area contributed by atoms with Crippen LogP contribution >= 0.6 is 0 Å². The van der Waals surface area contributed by atoms with E-state index >= 15 is 0 Å². The fourth-order valence-corrected chi connectivity index (χ4v) is 3.39. The highest BCUT2D eigenvalue weighted by Gasteiger charge is 2.42. The van der Waals surface area contributed by atoms with Gasteiger partial charge in [-0.15, -0.1) is 0 Å². The summed E-state index contributed by atoms with van der Waals surface area (Å²) in [4.78, 5) is 23.8.